The molecule has 0 spiro atoms. The SMILES string of the molecule is Cc1cnccc1CNCc1cc(F)cc(C(F)(F)F)c1. The average molecular weight is 298 g/mol. The van der Waals surface area contributed by atoms with E-state index in [9.17, 15) is 17.6 Å². The summed E-state index contributed by atoms with van der Waals surface area (Å²) in [6.07, 6.45) is -1.19. The minimum absolute atomic E-state index is 0.155. The maximum absolute atomic E-state index is 13.2. The van der Waals surface area contributed by atoms with Crippen molar-refractivity contribution >= 4 is 0 Å². The Hall–Kier alpha value is -1.95. The van der Waals surface area contributed by atoms with Crippen LogP contribution in [0.1, 0.15) is 22.3 Å². The van der Waals surface area contributed by atoms with Crippen LogP contribution in [0.5, 0.6) is 0 Å². The summed E-state index contributed by atoms with van der Waals surface area (Å²) in [5.74, 6) is -0.887. The van der Waals surface area contributed by atoms with Crippen LogP contribution in [-0.4, -0.2) is 4.98 Å². The summed E-state index contributed by atoms with van der Waals surface area (Å²) in [6, 6.07) is 4.38. The first-order valence-electron chi connectivity index (χ1n) is 6.33. The third kappa shape index (κ3) is 4.26. The molecular weight excluding hydrogens is 284 g/mol. The first-order chi connectivity index (χ1) is 9.86. The number of pyridine rings is 1. The van der Waals surface area contributed by atoms with Crippen LogP contribution in [0.4, 0.5) is 17.6 Å². The van der Waals surface area contributed by atoms with E-state index in [1.54, 1.807) is 12.4 Å². The first kappa shape index (κ1) is 15.4. The predicted octanol–water partition coefficient (Wildman–Crippen LogP) is 3.84. The third-order valence-corrected chi connectivity index (χ3v) is 3.07. The van der Waals surface area contributed by atoms with Crippen molar-refractivity contribution in [2.75, 3.05) is 0 Å². The van der Waals surface area contributed by atoms with Crippen LogP contribution in [-0.2, 0) is 19.3 Å². The van der Waals surface area contributed by atoms with Gasteiger partial charge in [-0.25, -0.2) is 4.39 Å². The fraction of sp³-hybridized carbons (Fsp3) is 0.267. The molecule has 0 atom stereocenters. The number of aromatic nitrogens is 1. The smallest absolute Gasteiger partial charge is 0.309 e. The fourth-order valence-electron chi connectivity index (χ4n) is 1.96. The van der Waals surface area contributed by atoms with Crippen LogP contribution in [0.3, 0.4) is 0 Å². The lowest BCUT2D eigenvalue weighted by atomic mass is 10.1. The van der Waals surface area contributed by atoms with Crippen LogP contribution in [0.25, 0.3) is 0 Å². The van der Waals surface area contributed by atoms with E-state index in [1.807, 2.05) is 13.0 Å². The summed E-state index contributed by atoms with van der Waals surface area (Å²) in [7, 11) is 0. The third-order valence-electron chi connectivity index (χ3n) is 3.07. The van der Waals surface area contributed by atoms with E-state index >= 15 is 0 Å². The Bertz CT molecular complexity index is 623. The minimum Gasteiger partial charge on any atom is -0.309 e. The van der Waals surface area contributed by atoms with Crippen molar-refractivity contribution < 1.29 is 17.6 Å². The highest BCUT2D eigenvalue weighted by Crippen LogP contribution is 2.30. The number of benzene rings is 1. The summed E-state index contributed by atoms with van der Waals surface area (Å²) >= 11 is 0. The van der Waals surface area contributed by atoms with Crippen LogP contribution < -0.4 is 5.32 Å². The Kier molecular flexibility index (Phi) is 4.57. The summed E-state index contributed by atoms with van der Waals surface area (Å²) in [5.41, 5.74) is 1.27. The van der Waals surface area contributed by atoms with Gasteiger partial charge < -0.3 is 5.32 Å². The molecule has 1 heterocycles. The van der Waals surface area contributed by atoms with Crippen molar-refractivity contribution in [3.63, 3.8) is 0 Å². The first-order valence-corrected chi connectivity index (χ1v) is 6.33. The molecule has 2 nitrogen and oxygen atoms in total. The number of rotatable bonds is 4. The Labute approximate surface area is 119 Å². The van der Waals surface area contributed by atoms with E-state index in [0.29, 0.717) is 12.6 Å². The molecule has 1 aromatic heterocycles. The van der Waals surface area contributed by atoms with Crippen molar-refractivity contribution in [3.05, 3.63) is 64.7 Å². The monoisotopic (exact) mass is 298 g/mol. The molecule has 0 saturated heterocycles. The lowest BCUT2D eigenvalue weighted by molar-refractivity contribution is -0.137. The Balaban J connectivity index is 2.04. The van der Waals surface area contributed by atoms with Gasteiger partial charge in [-0.3, -0.25) is 4.98 Å². The van der Waals surface area contributed by atoms with E-state index in [1.165, 1.54) is 0 Å². The highest BCUT2D eigenvalue weighted by molar-refractivity contribution is 5.27. The van der Waals surface area contributed by atoms with Gasteiger partial charge in [0.05, 0.1) is 5.56 Å². The number of hydrogen-bond donors (Lipinski definition) is 1. The van der Waals surface area contributed by atoms with E-state index < -0.39 is 17.6 Å². The van der Waals surface area contributed by atoms with E-state index in [2.05, 4.69) is 10.3 Å². The molecule has 2 rings (SSSR count). The van der Waals surface area contributed by atoms with Crippen molar-refractivity contribution in [2.24, 2.45) is 0 Å². The van der Waals surface area contributed by atoms with Gasteiger partial charge in [-0.2, -0.15) is 13.2 Å². The molecular formula is C15H14F4N2. The number of halogens is 4. The maximum atomic E-state index is 13.2. The van der Waals surface area contributed by atoms with E-state index in [0.717, 1.165) is 23.3 Å². The maximum Gasteiger partial charge on any atom is 0.416 e. The molecule has 2 aromatic rings. The molecule has 112 valence electrons. The number of aryl methyl sites for hydroxylation is 1. The molecule has 1 aromatic carbocycles. The van der Waals surface area contributed by atoms with Crippen molar-refractivity contribution in [3.8, 4) is 0 Å². The van der Waals surface area contributed by atoms with Crippen LogP contribution in [0.15, 0.2) is 36.7 Å². The lowest BCUT2D eigenvalue weighted by Crippen LogP contribution is -2.15. The number of nitrogens with zero attached hydrogens (tertiary/aromatic N) is 1. The molecule has 0 aliphatic carbocycles. The summed E-state index contributed by atoms with van der Waals surface area (Å²) < 4.78 is 51.0. The summed E-state index contributed by atoms with van der Waals surface area (Å²) in [4.78, 5) is 3.96. The van der Waals surface area contributed by atoms with Crippen LogP contribution in [0.2, 0.25) is 0 Å². The summed E-state index contributed by atoms with van der Waals surface area (Å²) in [6.45, 7) is 2.53. The molecule has 0 saturated carbocycles. The highest BCUT2D eigenvalue weighted by Gasteiger charge is 2.31. The Morgan fingerprint density at radius 2 is 1.90 bits per heavy atom. The van der Waals surface area contributed by atoms with Gasteiger partial charge in [0.15, 0.2) is 0 Å². The van der Waals surface area contributed by atoms with Gasteiger partial charge in [0.25, 0.3) is 0 Å². The second kappa shape index (κ2) is 6.22. The zero-order valence-corrected chi connectivity index (χ0v) is 11.3. The van der Waals surface area contributed by atoms with Crippen LogP contribution in [0, 0.1) is 12.7 Å². The molecule has 0 amide bonds. The second-order valence-electron chi connectivity index (χ2n) is 4.75. The molecule has 1 N–H and O–H groups in total. The molecule has 6 heteroatoms. The molecule has 0 radical (unpaired) electrons. The fourth-order valence-corrected chi connectivity index (χ4v) is 1.96. The van der Waals surface area contributed by atoms with E-state index in [4.69, 9.17) is 0 Å². The average Bonchev–Trinajstić information content (AvgIpc) is 2.39. The van der Waals surface area contributed by atoms with Gasteiger partial charge in [0, 0.05) is 25.5 Å². The highest BCUT2D eigenvalue weighted by atomic mass is 19.4. The molecule has 0 aliphatic heterocycles. The number of alkyl halides is 3. The second-order valence-corrected chi connectivity index (χ2v) is 4.75. The molecule has 21 heavy (non-hydrogen) atoms. The van der Waals surface area contributed by atoms with Gasteiger partial charge in [0.2, 0.25) is 0 Å². The zero-order valence-electron chi connectivity index (χ0n) is 11.3. The van der Waals surface area contributed by atoms with Crippen molar-refractivity contribution in [2.45, 2.75) is 26.2 Å². The topological polar surface area (TPSA) is 24.9 Å². The molecule has 0 bridgehead atoms. The van der Waals surface area contributed by atoms with Gasteiger partial charge in [0.1, 0.15) is 5.82 Å². The molecule has 0 unspecified atom stereocenters. The minimum atomic E-state index is -4.54. The normalized spacial score (nSPS) is 11.7. The van der Waals surface area contributed by atoms with E-state index in [-0.39, 0.29) is 12.1 Å². The van der Waals surface area contributed by atoms with Crippen molar-refractivity contribution in [1.82, 2.24) is 10.3 Å². The lowest BCUT2D eigenvalue weighted by Gasteiger charge is -2.11. The van der Waals surface area contributed by atoms with Gasteiger partial charge in [-0.05, 0) is 47.9 Å². The van der Waals surface area contributed by atoms with Gasteiger partial charge >= 0.3 is 6.18 Å². The Morgan fingerprint density at radius 3 is 2.57 bits per heavy atom. The largest absolute Gasteiger partial charge is 0.416 e. The quantitative estimate of drug-likeness (QED) is 0.868. The Morgan fingerprint density at radius 1 is 1.14 bits per heavy atom. The van der Waals surface area contributed by atoms with Gasteiger partial charge in [-0.1, -0.05) is 0 Å². The predicted molar refractivity (Wildman–Crippen MR) is 70.9 cm³/mol. The molecule has 0 fully saturated rings. The zero-order chi connectivity index (χ0) is 15.5. The van der Waals surface area contributed by atoms with Gasteiger partial charge in [-0.15, -0.1) is 0 Å². The standard InChI is InChI=1S/C15H14F4N2/c1-10-7-20-3-2-12(10)9-21-8-11-4-13(15(17,18)19)6-14(16)5-11/h2-7,21H,8-9H2,1H3. The van der Waals surface area contributed by atoms with Crippen molar-refractivity contribution in [1.29, 1.82) is 0 Å². The number of nitrogens with one attached hydrogen (secondary N) is 1. The number of hydrogen-bond acceptors (Lipinski definition) is 2. The summed E-state index contributed by atoms with van der Waals surface area (Å²) in [5, 5.41) is 3.00. The van der Waals surface area contributed by atoms with Crippen LogP contribution >= 0.6 is 0 Å². The molecule has 0 aliphatic rings.